The molecule has 0 saturated heterocycles. The molecule has 0 spiro atoms. The molecule has 0 amide bonds. The first-order chi connectivity index (χ1) is 38.0. The van der Waals surface area contributed by atoms with Gasteiger partial charge in [0.1, 0.15) is 13.2 Å². The molecule has 0 saturated carbocycles. The van der Waals surface area contributed by atoms with E-state index in [-0.39, 0.29) is 31.1 Å². The van der Waals surface area contributed by atoms with Gasteiger partial charge in [-0.3, -0.25) is 14.4 Å². The van der Waals surface area contributed by atoms with E-state index in [1.807, 2.05) is 0 Å². The van der Waals surface area contributed by atoms with Crippen LogP contribution in [-0.2, 0) is 28.6 Å². The van der Waals surface area contributed by atoms with E-state index in [4.69, 9.17) is 14.2 Å². The lowest BCUT2D eigenvalue weighted by atomic mass is 10.1. The molecule has 6 heteroatoms. The van der Waals surface area contributed by atoms with E-state index in [1.165, 1.54) is 103 Å². The molecule has 6 nitrogen and oxygen atoms in total. The highest BCUT2D eigenvalue weighted by Crippen LogP contribution is 2.15. The van der Waals surface area contributed by atoms with E-state index in [0.717, 1.165) is 148 Å². The Labute approximate surface area is 475 Å². The van der Waals surface area contributed by atoms with Gasteiger partial charge in [-0.2, -0.15) is 0 Å². The first kappa shape index (κ1) is 72.8. The minimum Gasteiger partial charge on any atom is -0.462 e. The molecule has 77 heavy (non-hydrogen) atoms. The van der Waals surface area contributed by atoms with Crippen molar-refractivity contribution in [3.05, 3.63) is 122 Å². The fourth-order valence-electron chi connectivity index (χ4n) is 8.69. The van der Waals surface area contributed by atoms with Gasteiger partial charge in [-0.25, -0.2) is 0 Å². The number of hydrogen-bond acceptors (Lipinski definition) is 6. The third kappa shape index (κ3) is 62.5. The Morgan fingerprint density at radius 3 is 0.792 bits per heavy atom. The van der Waals surface area contributed by atoms with Gasteiger partial charge in [0.05, 0.1) is 0 Å². The number of esters is 3. The quantitative estimate of drug-likeness (QED) is 0.0261. The fraction of sp³-hybridized carbons (Fsp3) is 0.676. The van der Waals surface area contributed by atoms with Crippen LogP contribution in [0.4, 0.5) is 0 Å². The highest BCUT2D eigenvalue weighted by Gasteiger charge is 2.19. The standard InChI is InChI=1S/C71H118O6/c1-4-7-10-13-16-19-22-25-28-30-32-33-34-35-36-37-39-40-43-46-49-52-55-58-61-64-70(73)76-67-68(66-75-69(72)63-60-57-54-51-48-45-42-27-24-21-18-15-12-9-6-3)77-71(74)65-62-59-56-53-50-47-44-41-38-31-29-26-23-20-17-14-11-8-5-2/h8-9,11-12,17-18,20-22,25-27,29-30,32,34-35,38,41-42,68H,4-7,10,13-16,19,23-24,28,31,33,36-37,39-40,43-67H2,1-3H3/b11-8-,12-9-,20-17-,21-18-,25-22-,29-26-,32-30-,35-34-,41-38-,42-27-. The SMILES string of the molecule is CC/C=C\C/C=C\C/C=C\C/C=C\CCCCCCCCC(=O)OC(COC(=O)CCCCCCC/C=C\C/C=C\C/C=C\CC)COC(=O)CCCCCCCCCCCC/C=C\C/C=C\C/C=C\CCCCCCC. The lowest BCUT2D eigenvalue weighted by molar-refractivity contribution is -0.167. The second kappa shape index (κ2) is 64.3. The molecule has 0 radical (unpaired) electrons. The van der Waals surface area contributed by atoms with Gasteiger partial charge in [-0.15, -0.1) is 0 Å². The average molecular weight is 1070 g/mol. The van der Waals surface area contributed by atoms with Crippen molar-refractivity contribution in [3.8, 4) is 0 Å². The van der Waals surface area contributed by atoms with Crippen LogP contribution < -0.4 is 0 Å². The molecule has 0 fully saturated rings. The van der Waals surface area contributed by atoms with E-state index in [1.54, 1.807) is 0 Å². The van der Waals surface area contributed by atoms with Gasteiger partial charge in [-0.05, 0) is 128 Å². The number of allylic oxidation sites excluding steroid dienone is 20. The Morgan fingerprint density at radius 2 is 0.506 bits per heavy atom. The number of rotatable bonds is 57. The number of ether oxygens (including phenoxy) is 3. The van der Waals surface area contributed by atoms with Crippen molar-refractivity contribution in [2.75, 3.05) is 13.2 Å². The molecule has 0 aliphatic carbocycles. The minimum atomic E-state index is -0.800. The van der Waals surface area contributed by atoms with Crippen molar-refractivity contribution in [2.24, 2.45) is 0 Å². The van der Waals surface area contributed by atoms with E-state index in [0.29, 0.717) is 19.3 Å². The van der Waals surface area contributed by atoms with Crippen LogP contribution in [0.2, 0.25) is 0 Å². The minimum absolute atomic E-state index is 0.0940. The molecule has 0 bridgehead atoms. The zero-order chi connectivity index (χ0) is 55.7. The Morgan fingerprint density at radius 1 is 0.273 bits per heavy atom. The summed E-state index contributed by atoms with van der Waals surface area (Å²) < 4.78 is 16.9. The highest BCUT2D eigenvalue weighted by molar-refractivity contribution is 5.71. The van der Waals surface area contributed by atoms with Crippen molar-refractivity contribution >= 4 is 17.9 Å². The molecule has 1 atom stereocenters. The highest BCUT2D eigenvalue weighted by atomic mass is 16.6. The molecular formula is C71H118O6. The van der Waals surface area contributed by atoms with Gasteiger partial charge in [0.15, 0.2) is 6.10 Å². The molecule has 0 N–H and O–H groups in total. The maximum absolute atomic E-state index is 12.9. The Bertz CT molecular complexity index is 1600. The van der Waals surface area contributed by atoms with Crippen molar-refractivity contribution in [3.63, 3.8) is 0 Å². The molecule has 0 heterocycles. The second-order valence-corrected chi connectivity index (χ2v) is 20.9. The summed E-state index contributed by atoms with van der Waals surface area (Å²) in [5.74, 6) is -0.925. The largest absolute Gasteiger partial charge is 0.462 e. The van der Waals surface area contributed by atoms with Gasteiger partial charge in [0.2, 0.25) is 0 Å². The fourth-order valence-corrected chi connectivity index (χ4v) is 8.69. The molecule has 0 aromatic carbocycles. The van der Waals surface area contributed by atoms with E-state index in [9.17, 15) is 14.4 Å². The topological polar surface area (TPSA) is 78.9 Å². The smallest absolute Gasteiger partial charge is 0.306 e. The number of unbranched alkanes of at least 4 members (excludes halogenated alkanes) is 26. The third-order valence-electron chi connectivity index (χ3n) is 13.4. The monoisotopic (exact) mass is 1070 g/mol. The normalized spacial score (nSPS) is 12.9. The first-order valence-corrected chi connectivity index (χ1v) is 32.0. The summed E-state index contributed by atoms with van der Waals surface area (Å²) in [6.45, 7) is 6.39. The van der Waals surface area contributed by atoms with Crippen LogP contribution >= 0.6 is 0 Å². The zero-order valence-electron chi connectivity index (χ0n) is 50.2. The average Bonchev–Trinajstić information content (AvgIpc) is 3.43. The molecule has 0 aromatic heterocycles. The summed E-state index contributed by atoms with van der Waals surface area (Å²) in [7, 11) is 0. The lowest BCUT2D eigenvalue weighted by Gasteiger charge is -2.18. The van der Waals surface area contributed by atoms with E-state index >= 15 is 0 Å². The summed E-state index contributed by atoms with van der Waals surface area (Å²) in [5.41, 5.74) is 0. The van der Waals surface area contributed by atoms with Gasteiger partial charge in [0, 0.05) is 19.3 Å². The number of carbonyl (C=O) groups is 3. The van der Waals surface area contributed by atoms with Gasteiger partial charge in [-0.1, -0.05) is 264 Å². The lowest BCUT2D eigenvalue weighted by Crippen LogP contribution is -2.30. The van der Waals surface area contributed by atoms with Crippen molar-refractivity contribution in [2.45, 2.75) is 297 Å². The predicted octanol–water partition coefficient (Wildman–Crippen LogP) is 22.0. The van der Waals surface area contributed by atoms with Gasteiger partial charge >= 0.3 is 17.9 Å². The van der Waals surface area contributed by atoms with Crippen molar-refractivity contribution < 1.29 is 28.6 Å². The van der Waals surface area contributed by atoms with Crippen LogP contribution in [0.15, 0.2) is 122 Å². The Hall–Kier alpha value is -4.19. The van der Waals surface area contributed by atoms with Crippen molar-refractivity contribution in [1.29, 1.82) is 0 Å². The second-order valence-electron chi connectivity index (χ2n) is 20.9. The Balaban J connectivity index is 4.40. The number of carbonyl (C=O) groups excluding carboxylic acids is 3. The van der Waals surface area contributed by atoms with Gasteiger partial charge in [0.25, 0.3) is 0 Å². The van der Waals surface area contributed by atoms with Gasteiger partial charge < -0.3 is 14.2 Å². The predicted molar refractivity (Wildman–Crippen MR) is 334 cm³/mol. The van der Waals surface area contributed by atoms with Crippen LogP contribution in [-0.4, -0.2) is 37.2 Å². The zero-order valence-corrected chi connectivity index (χ0v) is 50.2. The summed E-state index contributed by atoms with van der Waals surface area (Å²) in [5, 5.41) is 0. The van der Waals surface area contributed by atoms with Crippen LogP contribution in [0.1, 0.15) is 290 Å². The molecular weight excluding hydrogens is 949 g/mol. The van der Waals surface area contributed by atoms with E-state index in [2.05, 4.69) is 142 Å². The molecule has 438 valence electrons. The molecule has 0 aliphatic heterocycles. The molecule has 1 unspecified atom stereocenters. The number of hydrogen-bond donors (Lipinski definition) is 0. The van der Waals surface area contributed by atoms with Crippen LogP contribution in [0, 0.1) is 0 Å². The first-order valence-electron chi connectivity index (χ1n) is 32.0. The molecule has 0 rings (SSSR count). The van der Waals surface area contributed by atoms with Crippen LogP contribution in [0.3, 0.4) is 0 Å². The van der Waals surface area contributed by atoms with Crippen LogP contribution in [0.5, 0.6) is 0 Å². The summed E-state index contributed by atoms with van der Waals surface area (Å²) in [6, 6.07) is 0. The molecule has 0 aliphatic rings. The van der Waals surface area contributed by atoms with Crippen molar-refractivity contribution in [1.82, 2.24) is 0 Å². The van der Waals surface area contributed by atoms with Crippen LogP contribution in [0.25, 0.3) is 0 Å². The summed E-state index contributed by atoms with van der Waals surface area (Å²) in [4.78, 5) is 38.3. The maximum Gasteiger partial charge on any atom is 0.306 e. The Kier molecular flexibility index (Phi) is 60.8. The third-order valence-corrected chi connectivity index (χ3v) is 13.4. The summed E-state index contributed by atoms with van der Waals surface area (Å²) >= 11 is 0. The maximum atomic E-state index is 12.9. The molecule has 0 aromatic rings. The van der Waals surface area contributed by atoms with E-state index < -0.39 is 6.10 Å². The summed E-state index contributed by atoms with van der Waals surface area (Å²) in [6.07, 6.45) is 89.1.